The number of carboxylic acid groups (broad SMARTS) is 1. The third-order valence-corrected chi connectivity index (χ3v) is 4.06. The van der Waals surface area contributed by atoms with Crippen molar-refractivity contribution < 1.29 is 14.1 Å². The lowest BCUT2D eigenvalue weighted by molar-refractivity contribution is 0.0696. The summed E-state index contributed by atoms with van der Waals surface area (Å²) in [4.78, 5) is 14.7. The zero-order valence-corrected chi connectivity index (χ0v) is 11.9. The Morgan fingerprint density at radius 3 is 2.65 bits per heavy atom. The van der Waals surface area contributed by atoms with Gasteiger partial charge < -0.3 is 5.11 Å². The molecule has 0 amide bonds. The van der Waals surface area contributed by atoms with E-state index in [0.29, 0.717) is 17.2 Å². The van der Waals surface area contributed by atoms with Gasteiger partial charge in [0, 0.05) is 22.7 Å². The number of benzene rings is 1. The van der Waals surface area contributed by atoms with Crippen molar-refractivity contribution in [2.75, 3.05) is 0 Å². The molecule has 2 rings (SSSR count). The fourth-order valence-corrected chi connectivity index (χ4v) is 2.99. The van der Waals surface area contributed by atoms with Gasteiger partial charge in [-0.05, 0) is 24.6 Å². The van der Waals surface area contributed by atoms with E-state index >= 15 is 0 Å². The van der Waals surface area contributed by atoms with Crippen LogP contribution >= 0.6 is 0 Å². The number of carboxylic acids is 1. The van der Waals surface area contributed by atoms with E-state index in [2.05, 4.69) is 4.98 Å². The van der Waals surface area contributed by atoms with Gasteiger partial charge in [-0.2, -0.15) is 0 Å². The molecule has 2 aromatic rings. The Labute approximate surface area is 119 Å². The predicted molar refractivity (Wildman–Crippen MR) is 77.9 cm³/mol. The minimum Gasteiger partial charge on any atom is -0.478 e. The van der Waals surface area contributed by atoms with E-state index in [4.69, 9.17) is 5.11 Å². The molecular weight excluding hydrogens is 274 g/mol. The van der Waals surface area contributed by atoms with Crippen LogP contribution < -0.4 is 0 Å². The van der Waals surface area contributed by atoms with Crippen molar-refractivity contribution in [3.05, 3.63) is 65.0 Å². The van der Waals surface area contributed by atoms with Crippen LogP contribution in [0.3, 0.4) is 0 Å². The first kappa shape index (κ1) is 14.4. The van der Waals surface area contributed by atoms with Crippen molar-refractivity contribution in [1.29, 1.82) is 0 Å². The van der Waals surface area contributed by atoms with Crippen LogP contribution in [0.5, 0.6) is 0 Å². The van der Waals surface area contributed by atoms with Crippen LogP contribution in [-0.2, 0) is 22.3 Å². The number of hydrogen-bond donors (Lipinski definition) is 1. The van der Waals surface area contributed by atoms with Gasteiger partial charge in [0.2, 0.25) is 0 Å². The summed E-state index contributed by atoms with van der Waals surface area (Å²) in [5.74, 6) is -0.206. The highest BCUT2D eigenvalue weighted by atomic mass is 32.2. The first-order valence-corrected chi connectivity index (χ1v) is 7.62. The van der Waals surface area contributed by atoms with Gasteiger partial charge in [-0.25, -0.2) is 4.79 Å². The van der Waals surface area contributed by atoms with Gasteiger partial charge in [0.05, 0.1) is 17.0 Å². The fourth-order valence-electron chi connectivity index (χ4n) is 1.84. The van der Waals surface area contributed by atoms with E-state index in [-0.39, 0.29) is 5.56 Å². The van der Waals surface area contributed by atoms with Crippen LogP contribution in [0.1, 0.15) is 27.2 Å². The van der Waals surface area contributed by atoms with Gasteiger partial charge >= 0.3 is 5.97 Å². The molecule has 0 aliphatic carbocycles. The van der Waals surface area contributed by atoms with E-state index in [9.17, 15) is 9.00 Å². The van der Waals surface area contributed by atoms with Crippen LogP contribution in [0.15, 0.2) is 42.6 Å². The molecule has 1 N–H and O–H groups in total. The molecule has 0 saturated heterocycles. The van der Waals surface area contributed by atoms with Crippen LogP contribution in [0.4, 0.5) is 0 Å². The van der Waals surface area contributed by atoms with Gasteiger partial charge in [0.1, 0.15) is 0 Å². The molecule has 104 valence electrons. The summed E-state index contributed by atoms with van der Waals surface area (Å²) < 4.78 is 12.1. The minimum atomic E-state index is -1.06. The number of hydrogen-bond acceptors (Lipinski definition) is 3. The highest BCUT2D eigenvalue weighted by Crippen LogP contribution is 2.10. The molecule has 0 bridgehead atoms. The van der Waals surface area contributed by atoms with E-state index in [0.717, 1.165) is 11.1 Å². The average molecular weight is 289 g/mol. The number of aromatic carboxylic acids is 1. The van der Waals surface area contributed by atoms with Gasteiger partial charge in [0.25, 0.3) is 0 Å². The molecular formula is C15H15NO3S. The van der Waals surface area contributed by atoms with Crippen LogP contribution in [0.25, 0.3) is 0 Å². The maximum Gasteiger partial charge on any atom is 0.337 e. The first-order valence-electron chi connectivity index (χ1n) is 6.13. The maximum absolute atomic E-state index is 12.1. The number of aromatic nitrogens is 1. The second-order valence-electron chi connectivity index (χ2n) is 4.56. The SMILES string of the molecule is Cc1cccc(CS(=O)Cc2ccc(C(=O)O)cn2)c1. The second-order valence-corrected chi connectivity index (χ2v) is 6.02. The third-order valence-electron chi connectivity index (χ3n) is 2.79. The molecule has 5 heteroatoms. The molecule has 0 fully saturated rings. The zero-order valence-electron chi connectivity index (χ0n) is 11.1. The predicted octanol–water partition coefficient (Wildman–Crippen LogP) is 2.54. The lowest BCUT2D eigenvalue weighted by atomic mass is 10.2. The maximum atomic E-state index is 12.1. The quantitative estimate of drug-likeness (QED) is 0.918. The molecule has 0 radical (unpaired) electrons. The molecule has 1 unspecified atom stereocenters. The minimum absolute atomic E-state index is 0.137. The summed E-state index contributed by atoms with van der Waals surface area (Å²) in [5, 5.41) is 8.78. The molecule has 1 aromatic carbocycles. The van der Waals surface area contributed by atoms with Crippen molar-refractivity contribution in [2.45, 2.75) is 18.4 Å². The van der Waals surface area contributed by atoms with E-state index in [1.54, 1.807) is 6.07 Å². The van der Waals surface area contributed by atoms with Crippen molar-refractivity contribution in [3.8, 4) is 0 Å². The number of rotatable bonds is 5. The highest BCUT2D eigenvalue weighted by molar-refractivity contribution is 7.83. The largest absolute Gasteiger partial charge is 0.478 e. The average Bonchev–Trinajstić information content (AvgIpc) is 2.39. The molecule has 0 aliphatic heterocycles. The topological polar surface area (TPSA) is 67.3 Å². The third kappa shape index (κ3) is 3.99. The molecule has 0 spiro atoms. The number of carbonyl (C=O) groups is 1. The lowest BCUT2D eigenvalue weighted by Crippen LogP contribution is -2.03. The van der Waals surface area contributed by atoms with E-state index in [1.807, 2.05) is 31.2 Å². The number of pyridine rings is 1. The fraction of sp³-hybridized carbons (Fsp3) is 0.200. The Morgan fingerprint density at radius 2 is 2.05 bits per heavy atom. The first-order chi connectivity index (χ1) is 9.54. The summed E-state index contributed by atoms with van der Waals surface area (Å²) >= 11 is 0. The molecule has 1 aromatic heterocycles. The Morgan fingerprint density at radius 1 is 1.25 bits per heavy atom. The van der Waals surface area contributed by atoms with Gasteiger partial charge in [-0.1, -0.05) is 29.8 Å². The number of nitrogens with zero attached hydrogens (tertiary/aromatic N) is 1. The summed E-state index contributed by atoms with van der Waals surface area (Å²) in [7, 11) is -1.06. The van der Waals surface area contributed by atoms with Crippen molar-refractivity contribution >= 4 is 16.8 Å². The van der Waals surface area contributed by atoms with Gasteiger partial charge in [-0.3, -0.25) is 9.19 Å². The van der Waals surface area contributed by atoms with Crippen LogP contribution in [0.2, 0.25) is 0 Å². The summed E-state index contributed by atoms with van der Waals surface area (Å²) in [6, 6.07) is 11.0. The van der Waals surface area contributed by atoms with E-state index < -0.39 is 16.8 Å². The van der Waals surface area contributed by atoms with E-state index in [1.165, 1.54) is 12.3 Å². The summed E-state index contributed by atoms with van der Waals surface area (Å²) in [6.45, 7) is 2.00. The van der Waals surface area contributed by atoms with Crippen LogP contribution in [0, 0.1) is 6.92 Å². The zero-order chi connectivity index (χ0) is 14.5. The Hall–Kier alpha value is -2.01. The summed E-state index contributed by atoms with van der Waals surface area (Å²) in [5.41, 5.74) is 2.95. The summed E-state index contributed by atoms with van der Waals surface area (Å²) in [6.07, 6.45) is 1.29. The number of aryl methyl sites for hydroxylation is 1. The molecule has 4 nitrogen and oxygen atoms in total. The standard InChI is InChI=1S/C15H15NO3S/c1-11-3-2-4-12(7-11)9-20(19)10-14-6-5-13(8-16-14)15(17)18/h2-8H,9-10H2,1H3,(H,17,18). The lowest BCUT2D eigenvalue weighted by Gasteiger charge is -2.04. The van der Waals surface area contributed by atoms with Crippen LogP contribution in [-0.4, -0.2) is 20.3 Å². The van der Waals surface area contributed by atoms with Crippen molar-refractivity contribution in [3.63, 3.8) is 0 Å². The molecule has 0 aliphatic rings. The normalized spacial score (nSPS) is 12.1. The molecule has 1 atom stereocenters. The van der Waals surface area contributed by atoms with Crippen molar-refractivity contribution in [1.82, 2.24) is 4.98 Å². The highest BCUT2D eigenvalue weighted by Gasteiger charge is 2.07. The van der Waals surface area contributed by atoms with Gasteiger partial charge in [-0.15, -0.1) is 0 Å². The van der Waals surface area contributed by atoms with Crippen molar-refractivity contribution in [2.24, 2.45) is 0 Å². The monoisotopic (exact) mass is 289 g/mol. The second kappa shape index (κ2) is 6.43. The molecule has 1 heterocycles. The van der Waals surface area contributed by atoms with Gasteiger partial charge in [0.15, 0.2) is 0 Å². The Kier molecular flexibility index (Phi) is 4.63. The Balaban J connectivity index is 1.99. The molecule has 20 heavy (non-hydrogen) atoms. The Bertz CT molecular complexity index is 638. The molecule has 0 saturated carbocycles. The smallest absolute Gasteiger partial charge is 0.337 e.